The van der Waals surface area contributed by atoms with Gasteiger partial charge in [-0.05, 0) is 11.1 Å². The maximum atomic E-state index is 13.0. The molecule has 0 radical (unpaired) electrons. The predicted octanol–water partition coefficient (Wildman–Crippen LogP) is 0.679. The van der Waals surface area contributed by atoms with Gasteiger partial charge in [-0.1, -0.05) is 60.7 Å². The molecule has 0 amide bonds. The molecule has 7 N–H and O–H groups in total. The molecule has 228 valence electrons. The predicted molar refractivity (Wildman–Crippen MR) is 141 cm³/mol. The molecule has 17 nitrogen and oxygen atoms in total. The van der Waals surface area contributed by atoms with E-state index in [0.29, 0.717) is 11.1 Å². The normalized spacial score (nSPS) is 23.9. The number of benzene rings is 2. The summed E-state index contributed by atoms with van der Waals surface area (Å²) >= 11 is 0. The number of phosphoric ester groups is 1. The van der Waals surface area contributed by atoms with E-state index in [2.05, 4.69) is 18.1 Å². The molecule has 1 aromatic heterocycles. The summed E-state index contributed by atoms with van der Waals surface area (Å²) in [4.78, 5) is 64.1. The van der Waals surface area contributed by atoms with Crippen LogP contribution in [0.25, 0.3) is 0 Å². The number of phosphoric acid groups is 3. The minimum atomic E-state index is -5.79. The lowest BCUT2D eigenvalue weighted by atomic mass is 9.86. The molecule has 2 aromatic carbocycles. The maximum absolute atomic E-state index is 13.0. The molecule has 1 fully saturated rings. The lowest BCUT2D eigenvalue weighted by Crippen LogP contribution is -2.39. The lowest BCUT2D eigenvalue weighted by Gasteiger charge is -2.22. The van der Waals surface area contributed by atoms with Crippen molar-refractivity contribution >= 4 is 23.5 Å². The van der Waals surface area contributed by atoms with Gasteiger partial charge in [-0.25, -0.2) is 18.5 Å². The first kappa shape index (κ1) is 32.3. The van der Waals surface area contributed by atoms with E-state index in [9.17, 15) is 43.3 Å². The zero-order chi connectivity index (χ0) is 30.9. The molecule has 0 saturated carbocycles. The summed E-state index contributed by atoms with van der Waals surface area (Å²) in [5, 5.41) is 21.1. The van der Waals surface area contributed by atoms with Crippen molar-refractivity contribution in [1.29, 1.82) is 0 Å². The van der Waals surface area contributed by atoms with E-state index >= 15 is 0 Å². The third kappa shape index (κ3) is 7.86. The Hall–Kier alpha value is -2.59. The molecule has 2 unspecified atom stereocenters. The van der Waals surface area contributed by atoms with Gasteiger partial charge in [0.1, 0.15) is 18.3 Å². The van der Waals surface area contributed by atoms with Crippen LogP contribution < -0.4 is 11.2 Å². The minimum absolute atomic E-state index is 0.0778. The number of aromatic nitrogens is 2. The SMILES string of the molecule is O=c1[nH]c(=O)n([C@@H]2O[C@H](COP(=O)(O)OP(=O)(O)OP(=O)(O)O)[C@@H](O)[C@H]2O)cc1C(c1ccccc1)c1ccccc1. The number of rotatable bonds is 11. The van der Waals surface area contributed by atoms with E-state index in [1.54, 1.807) is 60.7 Å². The Morgan fingerprint density at radius 2 is 1.38 bits per heavy atom. The summed E-state index contributed by atoms with van der Waals surface area (Å²) < 4.78 is 52.3. The molecule has 6 atom stereocenters. The fourth-order valence-corrected chi connectivity index (χ4v) is 7.34. The van der Waals surface area contributed by atoms with Crippen molar-refractivity contribution in [1.82, 2.24) is 9.55 Å². The first-order valence-electron chi connectivity index (χ1n) is 11.8. The van der Waals surface area contributed by atoms with E-state index in [1.807, 2.05) is 0 Å². The van der Waals surface area contributed by atoms with E-state index in [4.69, 9.17) is 14.5 Å². The zero-order valence-corrected chi connectivity index (χ0v) is 23.8. The quantitative estimate of drug-likeness (QED) is 0.141. The van der Waals surface area contributed by atoms with Crippen LogP contribution in [-0.2, 0) is 31.6 Å². The zero-order valence-electron chi connectivity index (χ0n) is 21.1. The van der Waals surface area contributed by atoms with Crippen LogP contribution >= 0.6 is 23.5 Å². The molecule has 1 saturated heterocycles. The molecule has 3 aromatic rings. The van der Waals surface area contributed by atoms with E-state index in [-0.39, 0.29) is 5.56 Å². The van der Waals surface area contributed by atoms with Crippen LogP contribution in [0, 0.1) is 0 Å². The molecule has 0 aliphatic carbocycles. The molecular formula is C22H25N2O15P3. The van der Waals surface area contributed by atoms with Crippen molar-refractivity contribution in [3.63, 3.8) is 0 Å². The Kier molecular flexibility index (Phi) is 9.67. The number of H-pyrrole nitrogens is 1. The monoisotopic (exact) mass is 650 g/mol. The van der Waals surface area contributed by atoms with Crippen molar-refractivity contribution in [3.05, 3.63) is 104 Å². The van der Waals surface area contributed by atoms with Gasteiger partial charge in [0.15, 0.2) is 6.23 Å². The minimum Gasteiger partial charge on any atom is -0.387 e. The number of aliphatic hydroxyl groups excluding tert-OH is 2. The van der Waals surface area contributed by atoms with Crippen LogP contribution in [-0.4, -0.2) is 64.3 Å². The highest BCUT2D eigenvalue weighted by Gasteiger charge is 2.47. The van der Waals surface area contributed by atoms with Crippen molar-refractivity contribution in [3.8, 4) is 0 Å². The van der Waals surface area contributed by atoms with Gasteiger partial charge in [-0.15, -0.1) is 0 Å². The second kappa shape index (κ2) is 12.6. The molecular weight excluding hydrogens is 625 g/mol. The average molecular weight is 650 g/mol. The second-order valence-corrected chi connectivity index (χ2v) is 13.4. The molecule has 4 rings (SSSR count). The van der Waals surface area contributed by atoms with Gasteiger partial charge in [0.05, 0.1) is 6.61 Å². The van der Waals surface area contributed by atoms with Crippen molar-refractivity contribution < 1.29 is 61.4 Å². The van der Waals surface area contributed by atoms with Gasteiger partial charge < -0.3 is 34.5 Å². The van der Waals surface area contributed by atoms with E-state index in [0.717, 1.165) is 10.8 Å². The summed E-state index contributed by atoms with van der Waals surface area (Å²) in [7, 11) is -17.0. The van der Waals surface area contributed by atoms with Crippen LogP contribution in [0.15, 0.2) is 76.4 Å². The molecule has 1 aliphatic rings. The molecule has 20 heteroatoms. The van der Waals surface area contributed by atoms with Gasteiger partial charge in [0.25, 0.3) is 5.56 Å². The summed E-state index contributed by atoms with van der Waals surface area (Å²) in [6, 6.07) is 17.7. The molecule has 0 bridgehead atoms. The van der Waals surface area contributed by atoms with Crippen molar-refractivity contribution in [2.24, 2.45) is 0 Å². The summed E-state index contributed by atoms with van der Waals surface area (Å²) in [6.45, 7) is -1.08. The number of hydrogen-bond donors (Lipinski definition) is 7. The van der Waals surface area contributed by atoms with E-state index < -0.39 is 71.8 Å². The van der Waals surface area contributed by atoms with Crippen LogP contribution in [0.2, 0.25) is 0 Å². The number of nitrogens with one attached hydrogen (secondary N) is 1. The Morgan fingerprint density at radius 1 is 0.833 bits per heavy atom. The molecule has 0 spiro atoms. The standard InChI is InChI=1S/C22H25N2O15P3/c25-18-16(12-36-41(32,33)39-42(34,35)38-40(29,30)31)37-21(19(18)26)24-11-15(20(27)23-22(24)28)17(13-7-3-1-4-8-13)14-9-5-2-6-10-14/h1-11,16-19,21,25-26H,12H2,(H,32,33)(H,34,35)(H,23,27,28)(H2,29,30,31)/t16-,18-,19-,21-/m1/s1. The first-order chi connectivity index (χ1) is 19.6. The number of aromatic amines is 1. The van der Waals surface area contributed by atoms with E-state index in [1.165, 1.54) is 0 Å². The smallest absolute Gasteiger partial charge is 0.387 e. The van der Waals surface area contributed by atoms with Crippen molar-refractivity contribution in [2.45, 2.75) is 30.5 Å². The number of nitrogens with zero attached hydrogens (tertiary/aromatic N) is 1. The Morgan fingerprint density at radius 3 is 1.90 bits per heavy atom. The van der Waals surface area contributed by atoms with Crippen LogP contribution in [0.5, 0.6) is 0 Å². The van der Waals surface area contributed by atoms with Gasteiger partial charge >= 0.3 is 29.2 Å². The highest BCUT2D eigenvalue weighted by Crippen LogP contribution is 2.66. The highest BCUT2D eigenvalue weighted by molar-refractivity contribution is 7.66. The largest absolute Gasteiger partial charge is 0.490 e. The number of hydrogen-bond acceptors (Lipinski definition) is 11. The molecule has 2 heterocycles. The second-order valence-electron chi connectivity index (χ2n) is 8.94. The highest BCUT2D eigenvalue weighted by atomic mass is 31.3. The summed E-state index contributed by atoms with van der Waals surface area (Å²) in [5.41, 5.74) is -0.281. The fraction of sp³-hybridized carbons (Fsp3) is 0.273. The van der Waals surface area contributed by atoms with Gasteiger partial charge in [0, 0.05) is 17.7 Å². The number of aliphatic hydroxyl groups is 2. The van der Waals surface area contributed by atoms with Gasteiger partial charge in [-0.3, -0.25) is 18.9 Å². The summed E-state index contributed by atoms with van der Waals surface area (Å²) in [6.07, 6.45) is -5.84. The van der Waals surface area contributed by atoms with Crippen molar-refractivity contribution in [2.75, 3.05) is 6.61 Å². The van der Waals surface area contributed by atoms with Crippen LogP contribution in [0.1, 0.15) is 28.8 Å². The lowest BCUT2D eigenvalue weighted by molar-refractivity contribution is -0.0543. The Labute approximate surface area is 236 Å². The van der Waals surface area contributed by atoms with Gasteiger partial charge in [-0.2, -0.15) is 8.62 Å². The maximum Gasteiger partial charge on any atom is 0.490 e. The molecule has 42 heavy (non-hydrogen) atoms. The fourth-order valence-electron chi connectivity index (χ4n) is 4.31. The Bertz CT molecular complexity index is 1620. The van der Waals surface area contributed by atoms with Crippen LogP contribution in [0.3, 0.4) is 0 Å². The van der Waals surface area contributed by atoms with Gasteiger partial charge in [0.2, 0.25) is 0 Å². The third-order valence-electron chi connectivity index (χ3n) is 6.00. The Balaban J connectivity index is 1.60. The summed E-state index contributed by atoms with van der Waals surface area (Å²) in [5.74, 6) is -0.674. The third-order valence-corrected chi connectivity index (χ3v) is 9.80. The van der Waals surface area contributed by atoms with Crippen LogP contribution in [0.4, 0.5) is 0 Å². The topological polar surface area (TPSA) is 264 Å². The molecule has 1 aliphatic heterocycles. The number of ether oxygens (including phenoxy) is 1. The first-order valence-corrected chi connectivity index (χ1v) is 16.3. The average Bonchev–Trinajstić information content (AvgIpc) is 3.17.